The molecule has 8 heteroatoms. The number of sulfonamides is 1. The fourth-order valence-electron chi connectivity index (χ4n) is 4.51. The first kappa shape index (κ1) is 22.5. The number of benzene rings is 2. The summed E-state index contributed by atoms with van der Waals surface area (Å²) < 4.78 is 33.6. The van der Waals surface area contributed by atoms with Crippen molar-refractivity contribution in [3.8, 4) is 6.07 Å². The third-order valence-electron chi connectivity index (χ3n) is 6.17. The number of nitriles is 1. The van der Waals surface area contributed by atoms with E-state index in [1.165, 1.54) is 16.4 Å². The second-order valence-corrected chi connectivity index (χ2v) is 10.3. The van der Waals surface area contributed by atoms with E-state index in [1.807, 2.05) is 48.2 Å². The summed E-state index contributed by atoms with van der Waals surface area (Å²) in [5.41, 5.74) is 1.19. The van der Waals surface area contributed by atoms with Crippen LogP contribution in [-0.4, -0.2) is 55.8 Å². The largest absolute Gasteiger partial charge is 0.367 e. The van der Waals surface area contributed by atoms with Crippen molar-refractivity contribution in [3.63, 3.8) is 0 Å². The van der Waals surface area contributed by atoms with Crippen LogP contribution in [0.5, 0.6) is 0 Å². The Hall–Kier alpha value is -2.73. The number of nitrogens with zero attached hydrogens (tertiary/aromatic N) is 3. The van der Waals surface area contributed by atoms with E-state index in [-0.39, 0.29) is 47.6 Å². The fourth-order valence-corrected chi connectivity index (χ4v) is 6.12. The molecular weight excluding hydrogens is 426 g/mol. The van der Waals surface area contributed by atoms with Gasteiger partial charge in [0.2, 0.25) is 15.9 Å². The van der Waals surface area contributed by atoms with Crippen LogP contribution in [0.1, 0.15) is 37.0 Å². The summed E-state index contributed by atoms with van der Waals surface area (Å²) in [4.78, 5) is 15.2. The molecule has 2 aliphatic heterocycles. The van der Waals surface area contributed by atoms with E-state index in [1.54, 1.807) is 12.1 Å². The molecule has 4 rings (SSSR count). The molecule has 168 valence electrons. The highest BCUT2D eigenvalue weighted by Gasteiger charge is 2.37. The molecule has 2 heterocycles. The van der Waals surface area contributed by atoms with Crippen LogP contribution in [0.4, 0.5) is 0 Å². The van der Waals surface area contributed by atoms with Gasteiger partial charge in [-0.3, -0.25) is 4.79 Å². The topological polar surface area (TPSA) is 90.7 Å². The van der Waals surface area contributed by atoms with Crippen LogP contribution in [0, 0.1) is 17.2 Å². The van der Waals surface area contributed by atoms with E-state index in [0.717, 1.165) is 5.56 Å². The summed E-state index contributed by atoms with van der Waals surface area (Å²) in [5.74, 6) is -0.148. The van der Waals surface area contributed by atoms with E-state index in [4.69, 9.17) is 4.74 Å². The highest BCUT2D eigenvalue weighted by Crippen LogP contribution is 2.30. The second kappa shape index (κ2) is 9.41. The number of amides is 1. The molecule has 0 N–H and O–H groups in total. The van der Waals surface area contributed by atoms with Gasteiger partial charge in [-0.2, -0.15) is 9.57 Å². The number of carbonyl (C=O) groups excluding carboxylic acids is 1. The number of rotatable bonds is 4. The Labute approximate surface area is 189 Å². The van der Waals surface area contributed by atoms with Crippen LogP contribution in [-0.2, 0) is 19.6 Å². The molecule has 1 amide bonds. The molecule has 0 bridgehead atoms. The van der Waals surface area contributed by atoms with Gasteiger partial charge < -0.3 is 9.64 Å². The van der Waals surface area contributed by atoms with Gasteiger partial charge >= 0.3 is 0 Å². The van der Waals surface area contributed by atoms with Crippen molar-refractivity contribution in [1.82, 2.24) is 9.21 Å². The van der Waals surface area contributed by atoms with Crippen molar-refractivity contribution >= 4 is 15.9 Å². The van der Waals surface area contributed by atoms with Crippen molar-refractivity contribution in [3.05, 3.63) is 65.7 Å². The van der Waals surface area contributed by atoms with Crippen LogP contribution in [0.25, 0.3) is 0 Å². The summed E-state index contributed by atoms with van der Waals surface area (Å²) >= 11 is 0. The van der Waals surface area contributed by atoms with E-state index in [2.05, 4.69) is 0 Å². The lowest BCUT2D eigenvalue weighted by Gasteiger charge is -2.40. The molecule has 0 saturated carbocycles. The minimum absolute atomic E-state index is 0.0278. The van der Waals surface area contributed by atoms with Crippen molar-refractivity contribution in [2.24, 2.45) is 5.92 Å². The molecule has 2 atom stereocenters. The van der Waals surface area contributed by atoms with Crippen molar-refractivity contribution in [2.75, 3.05) is 26.2 Å². The zero-order valence-corrected chi connectivity index (χ0v) is 18.9. The highest BCUT2D eigenvalue weighted by molar-refractivity contribution is 7.89. The first-order chi connectivity index (χ1) is 15.4. The summed E-state index contributed by atoms with van der Waals surface area (Å²) in [5, 5.41) is 9.27. The van der Waals surface area contributed by atoms with E-state index in [0.29, 0.717) is 25.9 Å². The standard InChI is InChI=1S/C24H27N3O4S/c1-18-16-26(17-22(31-18)19-7-3-2-4-8-19)24(28)20-11-13-27(14-12-20)32(29,30)23-10-6-5-9-21(23)15-25/h2-10,18,20,22H,11-14,16-17H2,1H3. The van der Waals surface area contributed by atoms with E-state index in [9.17, 15) is 18.5 Å². The number of hydrogen-bond acceptors (Lipinski definition) is 5. The Balaban J connectivity index is 1.42. The minimum atomic E-state index is -3.77. The quantitative estimate of drug-likeness (QED) is 0.710. The molecule has 2 aromatic carbocycles. The first-order valence-electron chi connectivity index (χ1n) is 10.9. The maximum atomic E-state index is 13.3. The number of carbonyl (C=O) groups is 1. The lowest BCUT2D eigenvalue weighted by atomic mass is 9.95. The van der Waals surface area contributed by atoms with Gasteiger partial charge in [0.25, 0.3) is 0 Å². The van der Waals surface area contributed by atoms with E-state index >= 15 is 0 Å². The molecular formula is C24H27N3O4S. The van der Waals surface area contributed by atoms with Crippen LogP contribution < -0.4 is 0 Å². The van der Waals surface area contributed by atoms with Gasteiger partial charge in [-0.1, -0.05) is 42.5 Å². The van der Waals surface area contributed by atoms with Gasteiger partial charge in [-0.15, -0.1) is 0 Å². The third kappa shape index (κ3) is 4.56. The highest BCUT2D eigenvalue weighted by atomic mass is 32.2. The smallest absolute Gasteiger partial charge is 0.244 e. The molecule has 2 saturated heterocycles. The maximum absolute atomic E-state index is 13.3. The van der Waals surface area contributed by atoms with Gasteiger partial charge in [0.05, 0.1) is 23.1 Å². The molecule has 0 spiro atoms. The number of morpholine rings is 1. The molecule has 0 aromatic heterocycles. The Kier molecular flexibility index (Phi) is 6.60. The van der Waals surface area contributed by atoms with Crippen molar-refractivity contribution in [1.29, 1.82) is 5.26 Å². The average molecular weight is 454 g/mol. The Morgan fingerprint density at radius 2 is 1.69 bits per heavy atom. The fraction of sp³-hybridized carbons (Fsp3) is 0.417. The summed E-state index contributed by atoms with van der Waals surface area (Å²) in [6.07, 6.45) is 0.705. The molecule has 2 unspecified atom stereocenters. The molecule has 32 heavy (non-hydrogen) atoms. The van der Waals surface area contributed by atoms with Crippen molar-refractivity contribution < 1.29 is 17.9 Å². The van der Waals surface area contributed by atoms with Crippen LogP contribution in [0.15, 0.2) is 59.5 Å². The summed E-state index contributed by atoms with van der Waals surface area (Å²) in [6.45, 7) is 3.54. The minimum Gasteiger partial charge on any atom is -0.367 e. The predicted molar refractivity (Wildman–Crippen MR) is 119 cm³/mol. The number of ether oxygens (including phenoxy) is 1. The van der Waals surface area contributed by atoms with Crippen LogP contribution >= 0.6 is 0 Å². The molecule has 2 aromatic rings. The van der Waals surface area contributed by atoms with Gasteiger partial charge in [0.15, 0.2) is 0 Å². The van der Waals surface area contributed by atoms with E-state index < -0.39 is 10.0 Å². The summed E-state index contributed by atoms with van der Waals surface area (Å²) in [7, 11) is -3.77. The van der Waals surface area contributed by atoms with Crippen LogP contribution in [0.3, 0.4) is 0 Å². The lowest BCUT2D eigenvalue weighted by molar-refractivity contribution is -0.150. The monoisotopic (exact) mass is 453 g/mol. The third-order valence-corrected chi connectivity index (χ3v) is 8.13. The zero-order chi connectivity index (χ0) is 22.7. The van der Waals surface area contributed by atoms with Crippen LogP contribution in [0.2, 0.25) is 0 Å². The average Bonchev–Trinajstić information content (AvgIpc) is 2.83. The molecule has 0 radical (unpaired) electrons. The maximum Gasteiger partial charge on any atom is 0.244 e. The normalized spacial score (nSPS) is 22.9. The van der Waals surface area contributed by atoms with Gasteiger partial charge in [-0.25, -0.2) is 8.42 Å². The number of hydrogen-bond donors (Lipinski definition) is 0. The Morgan fingerprint density at radius 3 is 2.38 bits per heavy atom. The Bertz CT molecular complexity index is 1110. The molecule has 2 aliphatic rings. The van der Waals surface area contributed by atoms with Gasteiger partial charge in [0, 0.05) is 25.6 Å². The first-order valence-corrected chi connectivity index (χ1v) is 12.3. The van der Waals surface area contributed by atoms with Crippen molar-refractivity contribution in [2.45, 2.75) is 36.9 Å². The number of piperidine rings is 1. The second-order valence-electron chi connectivity index (χ2n) is 8.38. The molecule has 0 aliphatic carbocycles. The molecule has 7 nitrogen and oxygen atoms in total. The zero-order valence-electron chi connectivity index (χ0n) is 18.1. The van der Waals surface area contributed by atoms with Gasteiger partial charge in [0.1, 0.15) is 12.2 Å². The predicted octanol–water partition coefficient (Wildman–Crippen LogP) is 2.95. The lowest BCUT2D eigenvalue weighted by Crippen LogP contribution is -2.50. The van der Waals surface area contributed by atoms with Gasteiger partial charge in [-0.05, 0) is 37.5 Å². The Morgan fingerprint density at radius 1 is 1.03 bits per heavy atom. The molecule has 2 fully saturated rings. The SMILES string of the molecule is CC1CN(C(=O)C2CCN(S(=O)(=O)c3ccccc3C#N)CC2)CC(c2ccccc2)O1. The summed E-state index contributed by atoms with van der Waals surface area (Å²) in [6, 6.07) is 18.1.